The minimum atomic E-state index is -4.43. The van der Waals surface area contributed by atoms with E-state index >= 15 is 0 Å². The molecule has 1 aromatic rings. The molecule has 19 heavy (non-hydrogen) atoms. The molecule has 0 saturated carbocycles. The van der Waals surface area contributed by atoms with Gasteiger partial charge in [0.1, 0.15) is 6.54 Å². The topological polar surface area (TPSA) is 58.2 Å². The minimum Gasteiger partial charge on any atom is -0.352 e. The summed E-state index contributed by atoms with van der Waals surface area (Å²) in [5.74, 6) is -1.13. The first-order valence-electron chi connectivity index (χ1n) is 5.55. The maximum Gasteiger partial charge on any atom is 0.405 e. The smallest absolute Gasteiger partial charge is 0.352 e. The lowest BCUT2D eigenvalue weighted by atomic mass is 10.2. The van der Waals surface area contributed by atoms with E-state index in [9.17, 15) is 22.8 Å². The van der Waals surface area contributed by atoms with Gasteiger partial charge in [0.05, 0.1) is 0 Å². The molecule has 0 unspecified atom stereocenters. The number of benzene rings is 1. The second kappa shape index (κ2) is 6.77. The van der Waals surface area contributed by atoms with Crippen molar-refractivity contribution in [1.82, 2.24) is 10.6 Å². The molecule has 0 spiro atoms. The highest BCUT2D eigenvalue weighted by Crippen LogP contribution is 2.12. The molecule has 104 valence electrons. The standard InChI is InChI=1S/C12H13F3N2O2/c13-12(14,15)8-17-10(18)6-7-16-11(19)9-4-2-1-3-5-9/h1-5H,6-8H2,(H,16,19)(H,17,18). The van der Waals surface area contributed by atoms with Crippen molar-refractivity contribution in [3.63, 3.8) is 0 Å². The lowest BCUT2D eigenvalue weighted by Crippen LogP contribution is -2.36. The van der Waals surface area contributed by atoms with Gasteiger partial charge in [-0.1, -0.05) is 18.2 Å². The number of amides is 2. The Bertz CT molecular complexity index is 432. The molecule has 1 rings (SSSR count). The summed E-state index contributed by atoms with van der Waals surface area (Å²) in [5, 5.41) is 4.17. The molecule has 0 saturated heterocycles. The predicted molar refractivity (Wildman–Crippen MR) is 62.5 cm³/mol. The lowest BCUT2D eigenvalue weighted by molar-refractivity contribution is -0.138. The second-order valence-corrected chi connectivity index (χ2v) is 3.76. The Labute approximate surface area is 108 Å². The Hall–Kier alpha value is -2.05. The van der Waals surface area contributed by atoms with E-state index in [-0.39, 0.29) is 18.9 Å². The van der Waals surface area contributed by atoms with Crippen LogP contribution in [-0.2, 0) is 4.79 Å². The molecule has 0 fully saturated rings. The molecule has 4 nitrogen and oxygen atoms in total. The first-order valence-corrected chi connectivity index (χ1v) is 5.55. The zero-order chi connectivity index (χ0) is 14.3. The summed E-state index contributed by atoms with van der Waals surface area (Å²) in [6.45, 7) is -1.38. The summed E-state index contributed by atoms with van der Waals surface area (Å²) in [6.07, 6.45) is -4.63. The van der Waals surface area contributed by atoms with Crippen molar-refractivity contribution in [2.45, 2.75) is 12.6 Å². The van der Waals surface area contributed by atoms with E-state index in [2.05, 4.69) is 5.32 Å². The largest absolute Gasteiger partial charge is 0.405 e. The van der Waals surface area contributed by atoms with Crippen LogP contribution in [0, 0.1) is 0 Å². The monoisotopic (exact) mass is 274 g/mol. The fourth-order valence-corrected chi connectivity index (χ4v) is 1.27. The molecule has 0 atom stereocenters. The van der Waals surface area contributed by atoms with Gasteiger partial charge in [-0.25, -0.2) is 0 Å². The fraction of sp³-hybridized carbons (Fsp3) is 0.333. The Balaban J connectivity index is 2.24. The third-order valence-electron chi connectivity index (χ3n) is 2.16. The molecule has 0 bridgehead atoms. The van der Waals surface area contributed by atoms with E-state index in [0.717, 1.165) is 0 Å². The Morgan fingerprint density at radius 1 is 1.05 bits per heavy atom. The first-order chi connectivity index (χ1) is 8.88. The van der Waals surface area contributed by atoms with Crippen LogP contribution in [0.4, 0.5) is 13.2 Å². The van der Waals surface area contributed by atoms with E-state index in [1.165, 1.54) is 0 Å². The molecule has 0 aromatic heterocycles. The lowest BCUT2D eigenvalue weighted by Gasteiger charge is -2.08. The molecular weight excluding hydrogens is 261 g/mol. The number of carbonyl (C=O) groups excluding carboxylic acids is 2. The number of hydrogen-bond acceptors (Lipinski definition) is 2. The molecule has 0 heterocycles. The van der Waals surface area contributed by atoms with Crippen molar-refractivity contribution in [2.75, 3.05) is 13.1 Å². The summed E-state index contributed by atoms with van der Waals surface area (Å²) in [6, 6.07) is 8.31. The van der Waals surface area contributed by atoms with Gasteiger partial charge in [0, 0.05) is 18.5 Å². The molecule has 0 aliphatic heterocycles. The van der Waals surface area contributed by atoms with Crippen LogP contribution in [-0.4, -0.2) is 31.1 Å². The summed E-state index contributed by atoms with van der Waals surface area (Å²) < 4.78 is 35.4. The van der Waals surface area contributed by atoms with E-state index in [0.29, 0.717) is 5.56 Å². The van der Waals surface area contributed by atoms with Gasteiger partial charge in [0.25, 0.3) is 5.91 Å². The number of rotatable bonds is 5. The molecule has 2 amide bonds. The van der Waals surface area contributed by atoms with Crippen molar-refractivity contribution in [2.24, 2.45) is 0 Å². The third kappa shape index (κ3) is 6.44. The van der Waals surface area contributed by atoms with Crippen molar-refractivity contribution in [3.05, 3.63) is 35.9 Å². The molecule has 0 aliphatic carbocycles. The van der Waals surface area contributed by atoms with E-state index in [1.807, 2.05) is 0 Å². The van der Waals surface area contributed by atoms with E-state index in [1.54, 1.807) is 35.6 Å². The van der Waals surface area contributed by atoms with Crippen molar-refractivity contribution >= 4 is 11.8 Å². The summed E-state index contributed by atoms with van der Waals surface area (Å²) in [5.41, 5.74) is 0.429. The van der Waals surface area contributed by atoms with E-state index in [4.69, 9.17) is 0 Å². The normalized spacial score (nSPS) is 10.9. The Morgan fingerprint density at radius 2 is 1.68 bits per heavy atom. The summed E-state index contributed by atoms with van der Waals surface area (Å²) in [7, 11) is 0. The number of alkyl halides is 3. The van der Waals surface area contributed by atoms with Gasteiger partial charge in [0.15, 0.2) is 0 Å². The zero-order valence-corrected chi connectivity index (χ0v) is 9.96. The van der Waals surface area contributed by atoms with Crippen LogP contribution in [0.1, 0.15) is 16.8 Å². The molecule has 0 radical (unpaired) electrons. The van der Waals surface area contributed by atoms with Crippen LogP contribution in [0.3, 0.4) is 0 Å². The van der Waals surface area contributed by atoms with Gasteiger partial charge in [0.2, 0.25) is 5.91 Å². The number of carbonyl (C=O) groups is 2. The van der Waals surface area contributed by atoms with Gasteiger partial charge < -0.3 is 10.6 Å². The SMILES string of the molecule is O=C(CCNC(=O)c1ccccc1)NCC(F)(F)F. The van der Waals surface area contributed by atoms with Crippen LogP contribution in [0.2, 0.25) is 0 Å². The molecular formula is C12H13F3N2O2. The Kier molecular flexibility index (Phi) is 5.35. The predicted octanol–water partition coefficient (Wildman–Crippen LogP) is 1.48. The maximum atomic E-state index is 11.8. The average molecular weight is 274 g/mol. The van der Waals surface area contributed by atoms with Crippen molar-refractivity contribution in [3.8, 4) is 0 Å². The van der Waals surface area contributed by atoms with Crippen molar-refractivity contribution < 1.29 is 22.8 Å². The van der Waals surface area contributed by atoms with Gasteiger partial charge in [-0.15, -0.1) is 0 Å². The van der Waals surface area contributed by atoms with Crippen LogP contribution < -0.4 is 10.6 Å². The zero-order valence-electron chi connectivity index (χ0n) is 9.96. The minimum absolute atomic E-state index is 0.0165. The molecule has 2 N–H and O–H groups in total. The van der Waals surface area contributed by atoms with Crippen molar-refractivity contribution in [1.29, 1.82) is 0 Å². The third-order valence-corrected chi connectivity index (χ3v) is 2.16. The van der Waals surface area contributed by atoms with Gasteiger partial charge in [-0.3, -0.25) is 9.59 Å². The first kappa shape index (κ1) is 15.0. The average Bonchev–Trinajstić information content (AvgIpc) is 2.36. The van der Waals surface area contributed by atoms with Crippen LogP contribution >= 0.6 is 0 Å². The number of halogens is 3. The molecule has 0 aliphatic rings. The molecule has 1 aromatic carbocycles. The van der Waals surface area contributed by atoms with E-state index < -0.39 is 18.6 Å². The second-order valence-electron chi connectivity index (χ2n) is 3.76. The van der Waals surface area contributed by atoms with Gasteiger partial charge >= 0.3 is 6.18 Å². The van der Waals surface area contributed by atoms with Gasteiger partial charge in [-0.2, -0.15) is 13.2 Å². The van der Waals surface area contributed by atoms with Crippen LogP contribution in [0.25, 0.3) is 0 Å². The summed E-state index contributed by atoms with van der Waals surface area (Å²) >= 11 is 0. The number of hydrogen-bond donors (Lipinski definition) is 2. The van der Waals surface area contributed by atoms with Crippen LogP contribution in [0.15, 0.2) is 30.3 Å². The van der Waals surface area contributed by atoms with Gasteiger partial charge in [-0.05, 0) is 12.1 Å². The highest BCUT2D eigenvalue weighted by atomic mass is 19.4. The van der Waals surface area contributed by atoms with Crippen LogP contribution in [0.5, 0.6) is 0 Å². The number of nitrogens with one attached hydrogen (secondary N) is 2. The summed E-state index contributed by atoms with van der Waals surface area (Å²) in [4.78, 5) is 22.6. The molecule has 7 heteroatoms. The fourth-order valence-electron chi connectivity index (χ4n) is 1.27. The highest BCUT2D eigenvalue weighted by Gasteiger charge is 2.27. The highest BCUT2D eigenvalue weighted by molar-refractivity contribution is 5.94. The maximum absolute atomic E-state index is 11.8. The Morgan fingerprint density at radius 3 is 2.26 bits per heavy atom. The quantitative estimate of drug-likeness (QED) is 0.854.